The molecule has 4 nitrogen and oxygen atoms in total. The van der Waals surface area contributed by atoms with E-state index in [2.05, 4.69) is 4.90 Å². The van der Waals surface area contributed by atoms with Gasteiger partial charge in [0.05, 0.1) is 16.8 Å². The fraction of sp³-hybridized carbons (Fsp3) is 0.333. The fourth-order valence-electron chi connectivity index (χ4n) is 4.63. The van der Waals surface area contributed by atoms with E-state index in [-0.39, 0.29) is 11.7 Å². The molecule has 3 heterocycles. The molecule has 5 rings (SSSR count). The van der Waals surface area contributed by atoms with Crippen LogP contribution < -0.4 is 0 Å². The van der Waals surface area contributed by atoms with Gasteiger partial charge in [0, 0.05) is 36.6 Å². The van der Waals surface area contributed by atoms with Crippen LogP contribution in [0.2, 0.25) is 0 Å². The van der Waals surface area contributed by atoms with E-state index in [9.17, 15) is 9.18 Å². The second-order valence-corrected chi connectivity index (χ2v) is 8.02. The minimum atomic E-state index is -0.281. The highest BCUT2D eigenvalue weighted by Crippen LogP contribution is 2.28. The van der Waals surface area contributed by atoms with Crippen LogP contribution in [0.5, 0.6) is 0 Å². The van der Waals surface area contributed by atoms with Crippen molar-refractivity contribution in [3.63, 3.8) is 0 Å². The maximum atomic E-state index is 13.5. The van der Waals surface area contributed by atoms with Gasteiger partial charge in [0.15, 0.2) is 0 Å². The predicted molar refractivity (Wildman–Crippen MR) is 112 cm³/mol. The summed E-state index contributed by atoms with van der Waals surface area (Å²) in [5, 5.41) is 0.870. The molecule has 2 fully saturated rings. The van der Waals surface area contributed by atoms with E-state index in [0.717, 1.165) is 42.6 Å². The largest absolute Gasteiger partial charge is 0.336 e. The zero-order chi connectivity index (χ0) is 19.8. The molecule has 148 valence electrons. The summed E-state index contributed by atoms with van der Waals surface area (Å²) in [6, 6.07) is 16.4. The standard InChI is InChI=1S/C24H24FN3O/c25-18-10-8-17(9-11-18)23-15-21(20-6-1-2-7-22(20)26-23)24(29)28-14-13-27-12-4-3-5-19(27)16-28/h1-2,6-11,15,19H,3-5,12-14,16H2. The minimum Gasteiger partial charge on any atom is -0.336 e. The number of rotatable bonds is 2. The molecule has 1 unspecified atom stereocenters. The topological polar surface area (TPSA) is 36.4 Å². The molecule has 1 aromatic heterocycles. The Balaban J connectivity index is 1.53. The van der Waals surface area contributed by atoms with Gasteiger partial charge < -0.3 is 4.90 Å². The van der Waals surface area contributed by atoms with Crippen LogP contribution in [0.15, 0.2) is 54.6 Å². The van der Waals surface area contributed by atoms with Crippen LogP contribution in [0.1, 0.15) is 29.6 Å². The molecule has 29 heavy (non-hydrogen) atoms. The number of fused-ring (bicyclic) bond motifs is 2. The Labute approximate surface area is 170 Å². The lowest BCUT2D eigenvalue weighted by molar-refractivity contribution is 0.0374. The van der Waals surface area contributed by atoms with Crippen molar-refractivity contribution in [1.29, 1.82) is 0 Å². The Morgan fingerprint density at radius 2 is 1.83 bits per heavy atom. The van der Waals surface area contributed by atoms with E-state index < -0.39 is 0 Å². The van der Waals surface area contributed by atoms with Crippen LogP contribution in [0.25, 0.3) is 22.2 Å². The number of pyridine rings is 1. The molecule has 0 N–H and O–H groups in total. The van der Waals surface area contributed by atoms with Crippen LogP contribution in [0.4, 0.5) is 4.39 Å². The van der Waals surface area contributed by atoms with Crippen molar-refractivity contribution in [2.75, 3.05) is 26.2 Å². The summed E-state index contributed by atoms with van der Waals surface area (Å²) < 4.78 is 13.4. The van der Waals surface area contributed by atoms with E-state index in [0.29, 0.717) is 17.3 Å². The summed E-state index contributed by atoms with van der Waals surface area (Å²) in [7, 11) is 0. The number of carbonyl (C=O) groups excluding carboxylic acids is 1. The molecule has 0 saturated carbocycles. The first-order valence-electron chi connectivity index (χ1n) is 10.4. The molecule has 2 aliphatic rings. The van der Waals surface area contributed by atoms with Crippen molar-refractivity contribution in [3.05, 3.63) is 66.0 Å². The van der Waals surface area contributed by atoms with E-state index in [1.807, 2.05) is 35.2 Å². The van der Waals surface area contributed by atoms with Crippen molar-refractivity contribution in [1.82, 2.24) is 14.8 Å². The molecule has 1 amide bonds. The molecule has 5 heteroatoms. The van der Waals surface area contributed by atoms with Crippen LogP contribution in [0.3, 0.4) is 0 Å². The average molecular weight is 389 g/mol. The van der Waals surface area contributed by atoms with Gasteiger partial charge in [-0.2, -0.15) is 0 Å². The first kappa shape index (κ1) is 18.3. The zero-order valence-corrected chi connectivity index (χ0v) is 16.4. The summed E-state index contributed by atoms with van der Waals surface area (Å²) in [5.74, 6) is -0.214. The molecule has 0 aliphatic carbocycles. The third kappa shape index (κ3) is 3.51. The number of nitrogens with zero attached hydrogens (tertiary/aromatic N) is 3. The number of hydrogen-bond donors (Lipinski definition) is 0. The van der Waals surface area contributed by atoms with Gasteiger partial charge in [-0.15, -0.1) is 0 Å². The van der Waals surface area contributed by atoms with Crippen molar-refractivity contribution in [2.45, 2.75) is 25.3 Å². The van der Waals surface area contributed by atoms with Gasteiger partial charge >= 0.3 is 0 Å². The van der Waals surface area contributed by atoms with E-state index in [4.69, 9.17) is 4.98 Å². The molecule has 2 aromatic carbocycles. The Bertz CT molecular complexity index is 1050. The molecule has 3 aromatic rings. The number of halogens is 1. The lowest BCUT2D eigenvalue weighted by Crippen LogP contribution is -2.56. The quantitative estimate of drug-likeness (QED) is 0.654. The lowest BCUT2D eigenvalue weighted by atomic mass is 9.98. The van der Waals surface area contributed by atoms with Gasteiger partial charge in [-0.3, -0.25) is 9.69 Å². The zero-order valence-electron chi connectivity index (χ0n) is 16.4. The molecule has 0 radical (unpaired) electrons. The molecular weight excluding hydrogens is 365 g/mol. The van der Waals surface area contributed by atoms with Crippen molar-refractivity contribution >= 4 is 16.8 Å². The summed E-state index contributed by atoms with van der Waals surface area (Å²) in [4.78, 5) is 22.8. The van der Waals surface area contributed by atoms with Gasteiger partial charge in [-0.1, -0.05) is 24.6 Å². The Kier molecular flexibility index (Phi) is 4.76. The highest BCUT2D eigenvalue weighted by molar-refractivity contribution is 6.07. The van der Waals surface area contributed by atoms with Gasteiger partial charge in [-0.25, -0.2) is 9.37 Å². The third-order valence-corrected chi connectivity index (χ3v) is 6.21. The Morgan fingerprint density at radius 1 is 1.00 bits per heavy atom. The van der Waals surface area contributed by atoms with E-state index >= 15 is 0 Å². The SMILES string of the molecule is O=C(c1cc(-c2ccc(F)cc2)nc2ccccc12)N1CCN2CCCCC2C1. The Morgan fingerprint density at radius 3 is 2.69 bits per heavy atom. The smallest absolute Gasteiger partial charge is 0.254 e. The fourth-order valence-corrected chi connectivity index (χ4v) is 4.63. The van der Waals surface area contributed by atoms with Crippen LogP contribution >= 0.6 is 0 Å². The maximum absolute atomic E-state index is 13.5. The molecular formula is C24H24FN3O. The van der Waals surface area contributed by atoms with Crippen LogP contribution in [-0.4, -0.2) is 52.9 Å². The summed E-state index contributed by atoms with van der Waals surface area (Å²) in [5.41, 5.74) is 2.97. The number of piperazine rings is 1. The molecule has 2 aliphatic heterocycles. The number of aromatic nitrogens is 1. The predicted octanol–water partition coefficient (Wildman–Crippen LogP) is 4.35. The van der Waals surface area contributed by atoms with Crippen molar-refractivity contribution in [3.8, 4) is 11.3 Å². The first-order valence-corrected chi connectivity index (χ1v) is 10.4. The third-order valence-electron chi connectivity index (χ3n) is 6.21. The highest BCUT2D eigenvalue weighted by Gasteiger charge is 2.32. The van der Waals surface area contributed by atoms with Crippen molar-refractivity contribution in [2.24, 2.45) is 0 Å². The van der Waals surface area contributed by atoms with Gasteiger partial charge in [-0.05, 0) is 55.8 Å². The monoisotopic (exact) mass is 389 g/mol. The second-order valence-electron chi connectivity index (χ2n) is 8.02. The first-order chi connectivity index (χ1) is 14.2. The maximum Gasteiger partial charge on any atom is 0.254 e. The summed E-state index contributed by atoms with van der Waals surface area (Å²) >= 11 is 0. The van der Waals surface area contributed by atoms with Crippen LogP contribution in [0, 0.1) is 5.82 Å². The summed E-state index contributed by atoms with van der Waals surface area (Å²) in [6.45, 7) is 3.66. The number of carbonyl (C=O) groups is 1. The minimum absolute atomic E-state index is 0.0668. The molecule has 2 saturated heterocycles. The molecule has 1 atom stereocenters. The summed E-state index contributed by atoms with van der Waals surface area (Å²) in [6.07, 6.45) is 3.68. The molecule has 0 spiro atoms. The highest BCUT2D eigenvalue weighted by atomic mass is 19.1. The molecule has 0 bridgehead atoms. The number of piperidine rings is 1. The number of hydrogen-bond acceptors (Lipinski definition) is 3. The average Bonchev–Trinajstić information content (AvgIpc) is 2.78. The van der Waals surface area contributed by atoms with Gasteiger partial charge in [0.1, 0.15) is 5.82 Å². The number of para-hydroxylation sites is 1. The Hall–Kier alpha value is -2.79. The van der Waals surface area contributed by atoms with Gasteiger partial charge in [0.2, 0.25) is 0 Å². The lowest BCUT2D eigenvalue weighted by Gasteiger charge is -2.44. The van der Waals surface area contributed by atoms with Crippen LogP contribution in [-0.2, 0) is 0 Å². The normalized spacial score (nSPS) is 19.9. The number of benzene rings is 2. The van der Waals surface area contributed by atoms with Crippen molar-refractivity contribution < 1.29 is 9.18 Å². The second kappa shape index (κ2) is 7.56. The number of amides is 1. The van der Waals surface area contributed by atoms with Gasteiger partial charge in [0.25, 0.3) is 5.91 Å². The van der Waals surface area contributed by atoms with E-state index in [1.165, 1.54) is 31.4 Å². The van der Waals surface area contributed by atoms with E-state index in [1.54, 1.807) is 12.1 Å².